The van der Waals surface area contributed by atoms with Gasteiger partial charge in [-0.15, -0.1) is 21.5 Å². The minimum atomic E-state index is -0.732. The molecule has 0 bridgehead atoms. The smallest absolute Gasteiger partial charge is 0.307 e. The van der Waals surface area contributed by atoms with Gasteiger partial charge in [0, 0.05) is 15.5 Å². The highest BCUT2D eigenvalue weighted by Gasteiger charge is 2.38. The molecule has 2 unspecified atom stereocenters. The van der Waals surface area contributed by atoms with E-state index in [-0.39, 0.29) is 12.0 Å². The molecule has 5 rings (SSSR count). The van der Waals surface area contributed by atoms with Crippen LogP contribution in [0.4, 0.5) is 0 Å². The summed E-state index contributed by atoms with van der Waals surface area (Å²) in [7, 11) is 0. The number of aliphatic carboxylic acids is 1. The Morgan fingerprint density at radius 2 is 2.15 bits per heavy atom. The van der Waals surface area contributed by atoms with E-state index in [9.17, 15) is 9.90 Å². The van der Waals surface area contributed by atoms with Gasteiger partial charge >= 0.3 is 5.97 Å². The summed E-state index contributed by atoms with van der Waals surface area (Å²) in [6.07, 6.45) is 1.13. The molecule has 1 aliphatic heterocycles. The maximum absolute atomic E-state index is 11.6. The summed E-state index contributed by atoms with van der Waals surface area (Å²) in [6.45, 7) is 2.51. The third-order valence-corrected chi connectivity index (χ3v) is 7.01. The molecule has 0 saturated heterocycles. The van der Waals surface area contributed by atoms with Crippen LogP contribution in [0, 0.1) is 12.8 Å². The third-order valence-electron chi connectivity index (χ3n) is 5.41. The maximum atomic E-state index is 11.6. The molecular weight excluding hydrogens is 384 g/mol. The minimum absolute atomic E-state index is 0.109. The van der Waals surface area contributed by atoms with Crippen molar-refractivity contribution in [3.63, 3.8) is 0 Å². The Hall–Kier alpha value is -2.22. The molecule has 0 fully saturated rings. The Morgan fingerprint density at radius 1 is 1.33 bits per heavy atom. The van der Waals surface area contributed by atoms with Crippen molar-refractivity contribution in [1.29, 1.82) is 0 Å². The lowest BCUT2D eigenvalue weighted by Gasteiger charge is -2.20. The minimum Gasteiger partial charge on any atom is -0.481 e. The standard InChI is InChI=1S/C19H17ClN4O2S/c1-9-22-23-15-8-21-17(11-4-2-3-5-13(11)20)16-12-6-10(19(25)26)7-14(12)27-18(16)24(9)15/h2-5,10,17,21H,6-8H2,1H3,(H,25,26). The molecule has 0 saturated carbocycles. The van der Waals surface area contributed by atoms with Gasteiger partial charge in [0.25, 0.3) is 0 Å². The van der Waals surface area contributed by atoms with Gasteiger partial charge in [0.2, 0.25) is 0 Å². The van der Waals surface area contributed by atoms with Gasteiger partial charge in [-0.05, 0) is 37.0 Å². The zero-order valence-electron chi connectivity index (χ0n) is 14.6. The van der Waals surface area contributed by atoms with Crippen molar-refractivity contribution in [2.45, 2.75) is 32.4 Å². The van der Waals surface area contributed by atoms with E-state index in [2.05, 4.69) is 20.1 Å². The molecule has 0 radical (unpaired) electrons. The summed E-state index contributed by atoms with van der Waals surface area (Å²) in [5.74, 6) is 0.609. The van der Waals surface area contributed by atoms with Gasteiger partial charge in [0.15, 0.2) is 5.82 Å². The molecule has 27 heavy (non-hydrogen) atoms. The number of hydrogen-bond acceptors (Lipinski definition) is 5. The van der Waals surface area contributed by atoms with Crippen molar-refractivity contribution < 1.29 is 9.90 Å². The quantitative estimate of drug-likeness (QED) is 0.690. The topological polar surface area (TPSA) is 80.0 Å². The van der Waals surface area contributed by atoms with Gasteiger partial charge in [0.1, 0.15) is 10.8 Å². The number of carboxylic acid groups (broad SMARTS) is 1. The molecule has 3 aromatic rings. The third kappa shape index (κ3) is 2.53. The predicted octanol–water partition coefficient (Wildman–Crippen LogP) is 3.28. The first-order valence-electron chi connectivity index (χ1n) is 8.81. The fourth-order valence-corrected chi connectivity index (χ4v) is 5.90. The second-order valence-electron chi connectivity index (χ2n) is 7.00. The van der Waals surface area contributed by atoms with Gasteiger partial charge in [-0.3, -0.25) is 14.7 Å². The number of hydrogen-bond donors (Lipinski definition) is 2. The fourth-order valence-electron chi connectivity index (χ4n) is 4.14. The number of carboxylic acids is 1. The van der Waals surface area contributed by atoms with Gasteiger partial charge in [-0.1, -0.05) is 29.8 Å². The van der Waals surface area contributed by atoms with Crippen LogP contribution < -0.4 is 5.32 Å². The van der Waals surface area contributed by atoms with E-state index < -0.39 is 5.97 Å². The highest BCUT2D eigenvalue weighted by Crippen LogP contribution is 2.46. The number of benzene rings is 1. The van der Waals surface area contributed by atoms with Crippen molar-refractivity contribution in [3.8, 4) is 5.00 Å². The average molecular weight is 401 g/mol. The van der Waals surface area contributed by atoms with E-state index in [1.54, 1.807) is 11.3 Å². The molecule has 1 aliphatic carbocycles. The molecule has 1 aromatic carbocycles. The molecule has 8 heteroatoms. The van der Waals surface area contributed by atoms with Crippen LogP contribution in [0.25, 0.3) is 5.00 Å². The van der Waals surface area contributed by atoms with Crippen LogP contribution in [0.15, 0.2) is 24.3 Å². The number of nitrogens with zero attached hydrogens (tertiary/aromatic N) is 3. The SMILES string of the molecule is Cc1nnc2n1-c1sc3c(c1C(c1ccccc1Cl)NC2)CC(C(=O)O)C3. The average Bonchev–Trinajstić information content (AvgIpc) is 3.27. The van der Waals surface area contributed by atoms with E-state index >= 15 is 0 Å². The summed E-state index contributed by atoms with van der Waals surface area (Å²) in [4.78, 5) is 12.7. The second kappa shape index (κ2) is 6.15. The van der Waals surface area contributed by atoms with E-state index in [0.29, 0.717) is 24.4 Å². The molecule has 0 spiro atoms. The van der Waals surface area contributed by atoms with Crippen LogP contribution in [-0.2, 0) is 24.2 Å². The van der Waals surface area contributed by atoms with Crippen molar-refractivity contribution >= 4 is 28.9 Å². The summed E-state index contributed by atoms with van der Waals surface area (Å²) in [6, 6.07) is 7.70. The lowest BCUT2D eigenvalue weighted by Crippen LogP contribution is -2.22. The number of halogens is 1. The Bertz CT molecular complexity index is 1070. The molecular formula is C19H17ClN4O2S. The number of carbonyl (C=O) groups is 1. The molecule has 2 N–H and O–H groups in total. The lowest BCUT2D eigenvalue weighted by atomic mass is 9.95. The van der Waals surface area contributed by atoms with Crippen LogP contribution in [-0.4, -0.2) is 25.8 Å². The highest BCUT2D eigenvalue weighted by molar-refractivity contribution is 7.15. The van der Waals surface area contributed by atoms with E-state index in [4.69, 9.17) is 11.6 Å². The number of nitrogens with one attached hydrogen (secondary N) is 1. The molecule has 0 amide bonds. The number of rotatable bonds is 2. The van der Waals surface area contributed by atoms with Crippen LogP contribution in [0.2, 0.25) is 5.02 Å². The Kier molecular flexibility index (Phi) is 3.86. The number of aromatic nitrogens is 3. The first kappa shape index (κ1) is 16.9. The van der Waals surface area contributed by atoms with Gasteiger partial charge < -0.3 is 5.11 Å². The van der Waals surface area contributed by atoms with Crippen LogP contribution in [0.1, 0.15) is 39.3 Å². The summed E-state index contributed by atoms with van der Waals surface area (Å²) in [5.41, 5.74) is 3.26. The highest BCUT2D eigenvalue weighted by atomic mass is 35.5. The first-order valence-corrected chi connectivity index (χ1v) is 10.0. The van der Waals surface area contributed by atoms with Crippen molar-refractivity contribution in [1.82, 2.24) is 20.1 Å². The maximum Gasteiger partial charge on any atom is 0.307 e. The molecule has 138 valence electrons. The van der Waals surface area contributed by atoms with Gasteiger partial charge in [-0.25, -0.2) is 0 Å². The van der Waals surface area contributed by atoms with Crippen LogP contribution in [0.5, 0.6) is 0 Å². The normalized spacial score (nSPS) is 20.7. The molecule has 2 aliphatic rings. The van der Waals surface area contributed by atoms with E-state index in [0.717, 1.165) is 38.2 Å². The van der Waals surface area contributed by atoms with Crippen molar-refractivity contribution in [2.24, 2.45) is 5.92 Å². The Labute approximate surface area is 164 Å². The molecule has 2 atom stereocenters. The van der Waals surface area contributed by atoms with Gasteiger partial charge in [-0.2, -0.15) is 0 Å². The van der Waals surface area contributed by atoms with Gasteiger partial charge in [0.05, 0.1) is 18.5 Å². The number of fused-ring (bicyclic) bond motifs is 5. The first-order chi connectivity index (χ1) is 13.0. The summed E-state index contributed by atoms with van der Waals surface area (Å²) in [5, 5.41) is 23.4. The fraction of sp³-hybridized carbons (Fsp3) is 0.316. The lowest BCUT2D eigenvalue weighted by molar-refractivity contribution is -0.141. The molecule has 3 heterocycles. The Balaban J connectivity index is 1.74. The van der Waals surface area contributed by atoms with Crippen molar-refractivity contribution in [2.75, 3.05) is 0 Å². The molecule has 6 nitrogen and oxygen atoms in total. The van der Waals surface area contributed by atoms with E-state index in [1.165, 1.54) is 0 Å². The zero-order valence-corrected chi connectivity index (χ0v) is 16.1. The largest absolute Gasteiger partial charge is 0.481 e. The van der Waals surface area contributed by atoms with Crippen LogP contribution in [0.3, 0.4) is 0 Å². The monoisotopic (exact) mass is 400 g/mol. The van der Waals surface area contributed by atoms with E-state index in [1.807, 2.05) is 31.2 Å². The predicted molar refractivity (Wildman–Crippen MR) is 103 cm³/mol. The zero-order chi connectivity index (χ0) is 18.7. The van der Waals surface area contributed by atoms with Crippen LogP contribution >= 0.6 is 22.9 Å². The van der Waals surface area contributed by atoms with Crippen molar-refractivity contribution in [3.05, 3.63) is 62.5 Å². The summed E-state index contributed by atoms with van der Waals surface area (Å²) < 4.78 is 2.10. The summed E-state index contributed by atoms with van der Waals surface area (Å²) >= 11 is 8.19. The number of aryl methyl sites for hydroxylation is 1. The molecule has 2 aromatic heterocycles. The second-order valence-corrected chi connectivity index (χ2v) is 8.49. The number of thiophene rings is 1. The Morgan fingerprint density at radius 3 is 2.93 bits per heavy atom.